The Morgan fingerprint density at radius 1 is 1.41 bits per heavy atom. The van der Waals surface area contributed by atoms with Crippen LogP contribution in [-0.2, 0) is 17.8 Å². The van der Waals surface area contributed by atoms with E-state index in [4.69, 9.17) is 0 Å². The second-order valence-corrected chi connectivity index (χ2v) is 6.92. The number of anilines is 2. The van der Waals surface area contributed by atoms with Crippen LogP contribution in [0.25, 0.3) is 0 Å². The van der Waals surface area contributed by atoms with Gasteiger partial charge in [0, 0.05) is 28.4 Å². The predicted molar refractivity (Wildman–Crippen MR) is 91.4 cm³/mol. The number of nitrogens with one attached hydrogen (secondary N) is 2. The molecule has 1 aromatic carbocycles. The van der Waals surface area contributed by atoms with Crippen molar-refractivity contribution >= 4 is 28.6 Å². The molecular formula is C17H21N3OS. The zero-order valence-electron chi connectivity index (χ0n) is 13.0. The molecule has 5 heteroatoms. The fraction of sp³-hybridized carbons (Fsp3) is 0.412. The lowest BCUT2D eigenvalue weighted by atomic mass is 10.1. The fourth-order valence-corrected chi connectivity index (χ4v) is 3.06. The minimum atomic E-state index is 0.143. The number of nitrogens with zero attached hydrogens (tertiary/aromatic N) is 1. The average molecular weight is 315 g/mol. The molecule has 4 nitrogen and oxygen atoms in total. The Morgan fingerprint density at radius 3 is 2.91 bits per heavy atom. The monoisotopic (exact) mass is 315 g/mol. The van der Waals surface area contributed by atoms with Crippen molar-refractivity contribution in [1.29, 1.82) is 0 Å². The molecule has 0 unspecified atom stereocenters. The second-order valence-electron chi connectivity index (χ2n) is 5.72. The summed E-state index contributed by atoms with van der Waals surface area (Å²) in [7, 11) is 0. The highest BCUT2D eigenvalue weighted by atomic mass is 32.1. The largest absolute Gasteiger partial charge is 0.380 e. The van der Waals surface area contributed by atoms with Gasteiger partial charge < -0.3 is 10.6 Å². The first-order chi connectivity index (χ1) is 10.7. The van der Waals surface area contributed by atoms with E-state index in [9.17, 15) is 4.79 Å². The molecule has 1 heterocycles. The third kappa shape index (κ3) is 3.65. The number of benzene rings is 1. The van der Waals surface area contributed by atoms with E-state index in [0.29, 0.717) is 0 Å². The van der Waals surface area contributed by atoms with Crippen molar-refractivity contribution in [2.45, 2.75) is 39.7 Å². The molecule has 1 aromatic heterocycles. The molecule has 0 spiro atoms. The zero-order valence-corrected chi connectivity index (χ0v) is 13.8. The lowest BCUT2D eigenvalue weighted by Crippen LogP contribution is -2.13. The van der Waals surface area contributed by atoms with Crippen molar-refractivity contribution in [2.75, 3.05) is 10.6 Å². The van der Waals surface area contributed by atoms with Crippen LogP contribution in [0.15, 0.2) is 24.4 Å². The fourth-order valence-electron chi connectivity index (χ4n) is 2.26. The van der Waals surface area contributed by atoms with Crippen LogP contribution >= 0.6 is 11.3 Å². The lowest BCUT2D eigenvalue weighted by molar-refractivity contribution is -0.117. The Hall–Kier alpha value is -1.88. The van der Waals surface area contributed by atoms with Crippen LogP contribution in [0.3, 0.4) is 0 Å². The molecule has 3 rings (SSSR count). The number of carbonyl (C=O) groups is 1. The molecule has 2 N–H and O–H groups in total. The lowest BCUT2D eigenvalue weighted by Gasteiger charge is -2.11. The number of carbonyl (C=O) groups excluding carboxylic acids is 1. The predicted octanol–water partition coefficient (Wildman–Crippen LogP) is 3.97. The normalized spacial score (nSPS) is 13.9. The minimum absolute atomic E-state index is 0.143. The third-order valence-electron chi connectivity index (χ3n) is 3.81. The van der Waals surface area contributed by atoms with E-state index < -0.39 is 0 Å². The minimum Gasteiger partial charge on any atom is -0.380 e. The molecule has 116 valence electrons. The van der Waals surface area contributed by atoms with E-state index in [0.717, 1.165) is 37.2 Å². The summed E-state index contributed by atoms with van der Waals surface area (Å²) in [5, 5.41) is 7.60. The van der Waals surface area contributed by atoms with Crippen LogP contribution in [0.2, 0.25) is 0 Å². The molecule has 1 aliphatic carbocycles. The zero-order chi connectivity index (χ0) is 15.5. The smallest absolute Gasteiger partial charge is 0.227 e. The van der Waals surface area contributed by atoms with E-state index in [2.05, 4.69) is 29.5 Å². The Labute approximate surface area is 135 Å². The van der Waals surface area contributed by atoms with Crippen molar-refractivity contribution < 1.29 is 4.79 Å². The number of aryl methyl sites for hydroxylation is 2. The van der Waals surface area contributed by atoms with Crippen molar-refractivity contribution in [3.8, 4) is 0 Å². The second kappa shape index (κ2) is 6.48. The van der Waals surface area contributed by atoms with Gasteiger partial charge in [-0.25, -0.2) is 4.98 Å². The van der Waals surface area contributed by atoms with Crippen LogP contribution in [0, 0.1) is 12.8 Å². The molecule has 1 saturated carbocycles. The molecule has 0 atom stereocenters. The number of hydrogen-bond acceptors (Lipinski definition) is 4. The maximum Gasteiger partial charge on any atom is 0.227 e. The van der Waals surface area contributed by atoms with Gasteiger partial charge in [-0.05, 0) is 43.9 Å². The van der Waals surface area contributed by atoms with Gasteiger partial charge in [0.25, 0.3) is 0 Å². The van der Waals surface area contributed by atoms with Gasteiger partial charge in [-0.15, -0.1) is 11.3 Å². The molecule has 1 amide bonds. The van der Waals surface area contributed by atoms with Crippen LogP contribution in [-0.4, -0.2) is 10.9 Å². The molecule has 0 saturated heterocycles. The Bertz CT molecular complexity index is 676. The highest BCUT2D eigenvalue weighted by molar-refractivity contribution is 7.11. The van der Waals surface area contributed by atoms with E-state index in [-0.39, 0.29) is 11.8 Å². The van der Waals surface area contributed by atoms with E-state index >= 15 is 0 Å². The summed E-state index contributed by atoms with van der Waals surface area (Å²) in [6.45, 7) is 4.95. The van der Waals surface area contributed by atoms with Crippen LogP contribution in [0.4, 0.5) is 11.4 Å². The summed E-state index contributed by atoms with van der Waals surface area (Å²) >= 11 is 1.74. The van der Waals surface area contributed by atoms with Gasteiger partial charge in [0.15, 0.2) is 0 Å². The van der Waals surface area contributed by atoms with E-state index in [1.165, 1.54) is 15.4 Å². The molecule has 0 bridgehead atoms. The maximum absolute atomic E-state index is 11.8. The molecule has 1 fully saturated rings. The Kier molecular flexibility index (Phi) is 4.43. The summed E-state index contributed by atoms with van der Waals surface area (Å²) in [5.41, 5.74) is 3.09. The van der Waals surface area contributed by atoms with Crippen LogP contribution in [0.5, 0.6) is 0 Å². The summed E-state index contributed by atoms with van der Waals surface area (Å²) in [4.78, 5) is 17.4. The van der Waals surface area contributed by atoms with Gasteiger partial charge in [-0.1, -0.05) is 13.0 Å². The molecule has 2 aromatic rings. The van der Waals surface area contributed by atoms with Crippen molar-refractivity contribution in [3.63, 3.8) is 0 Å². The summed E-state index contributed by atoms with van der Waals surface area (Å²) in [5.74, 6) is 0.368. The summed E-state index contributed by atoms with van der Waals surface area (Å²) in [6, 6.07) is 6.01. The first-order valence-corrected chi connectivity index (χ1v) is 8.56. The SMILES string of the molecule is CCc1ncc(CNc2cc(NC(=O)C3CC3)ccc2C)s1. The quantitative estimate of drug-likeness (QED) is 0.848. The van der Waals surface area contributed by atoms with Crippen molar-refractivity contribution in [1.82, 2.24) is 4.98 Å². The third-order valence-corrected chi connectivity index (χ3v) is 4.95. The topological polar surface area (TPSA) is 54.0 Å². The highest BCUT2D eigenvalue weighted by Crippen LogP contribution is 2.31. The number of amides is 1. The molecular weight excluding hydrogens is 294 g/mol. The van der Waals surface area contributed by atoms with E-state index in [1.807, 2.05) is 24.4 Å². The van der Waals surface area contributed by atoms with Gasteiger partial charge in [0.2, 0.25) is 5.91 Å². The Balaban J connectivity index is 1.65. The number of thiazole rings is 1. The highest BCUT2D eigenvalue weighted by Gasteiger charge is 2.29. The van der Waals surface area contributed by atoms with Crippen molar-refractivity contribution in [3.05, 3.63) is 39.8 Å². The standard InChI is InChI=1S/C17H21N3OS/c1-3-16-19-10-14(22-16)9-18-15-8-13(7-4-11(15)2)20-17(21)12-5-6-12/h4,7-8,10,12,18H,3,5-6,9H2,1-2H3,(H,20,21). The summed E-state index contributed by atoms with van der Waals surface area (Å²) in [6.07, 6.45) is 4.96. The van der Waals surface area contributed by atoms with E-state index in [1.54, 1.807) is 11.3 Å². The number of rotatable bonds is 6. The molecule has 22 heavy (non-hydrogen) atoms. The molecule has 0 radical (unpaired) electrons. The number of hydrogen-bond donors (Lipinski definition) is 2. The van der Waals surface area contributed by atoms with Crippen LogP contribution in [0.1, 0.15) is 35.2 Å². The maximum atomic E-state index is 11.8. The van der Waals surface area contributed by atoms with Gasteiger partial charge in [-0.3, -0.25) is 4.79 Å². The average Bonchev–Trinajstić information content (AvgIpc) is 3.27. The van der Waals surface area contributed by atoms with Gasteiger partial charge >= 0.3 is 0 Å². The summed E-state index contributed by atoms with van der Waals surface area (Å²) < 4.78 is 0. The number of aromatic nitrogens is 1. The van der Waals surface area contributed by atoms with Gasteiger partial charge in [0.1, 0.15) is 0 Å². The molecule has 0 aliphatic heterocycles. The first kappa shape index (κ1) is 15.0. The Morgan fingerprint density at radius 2 is 2.23 bits per heavy atom. The molecule has 1 aliphatic rings. The first-order valence-electron chi connectivity index (χ1n) is 7.74. The van der Waals surface area contributed by atoms with Crippen molar-refractivity contribution in [2.24, 2.45) is 5.92 Å². The van der Waals surface area contributed by atoms with Gasteiger partial charge in [-0.2, -0.15) is 0 Å². The van der Waals surface area contributed by atoms with Crippen LogP contribution < -0.4 is 10.6 Å². The van der Waals surface area contributed by atoms with Gasteiger partial charge in [0.05, 0.1) is 11.6 Å².